The maximum Gasteiger partial charge on any atom is 0.198 e. The fourth-order valence-corrected chi connectivity index (χ4v) is 10.8. The van der Waals surface area contributed by atoms with Crippen LogP contribution in [0, 0.1) is 37.5 Å². The van der Waals surface area contributed by atoms with Crippen LogP contribution in [0.25, 0.3) is 10.8 Å². The molecule has 7 rings (SSSR count). The van der Waals surface area contributed by atoms with Crippen LogP contribution in [0.1, 0.15) is 76.2 Å². The van der Waals surface area contributed by atoms with Crippen LogP contribution in [0.2, 0.25) is 18.1 Å². The van der Waals surface area contributed by atoms with Gasteiger partial charge >= 0.3 is 0 Å². The van der Waals surface area contributed by atoms with Crippen LogP contribution in [0.4, 0.5) is 5.69 Å². The average molecular weight is 632 g/mol. The molecule has 3 aromatic carbocycles. The largest absolute Gasteiger partial charge is 0.507 e. The van der Waals surface area contributed by atoms with Gasteiger partial charge in [0.15, 0.2) is 37.2 Å². The van der Waals surface area contributed by atoms with E-state index in [0.717, 1.165) is 40.0 Å². The highest BCUT2D eigenvalue weighted by Gasteiger charge is 2.82. The van der Waals surface area contributed by atoms with Gasteiger partial charge in [-0.2, -0.15) is 0 Å². The second-order valence-electron chi connectivity index (χ2n) is 12.9. The fourth-order valence-electron chi connectivity index (χ4n) is 7.91. The van der Waals surface area contributed by atoms with Crippen molar-refractivity contribution in [3.63, 3.8) is 0 Å². The highest BCUT2D eigenvalue weighted by atomic mass is 28.4. The first kappa shape index (κ1) is 30.5. The second-order valence-corrected chi connectivity index (χ2v) is 17.7. The summed E-state index contributed by atoms with van der Waals surface area (Å²) in [4.78, 5) is 28.6. The maximum absolute atomic E-state index is 14.5. The summed E-state index contributed by atoms with van der Waals surface area (Å²) in [5, 5.41) is 28.5. The van der Waals surface area contributed by atoms with Crippen molar-refractivity contribution < 1.29 is 29.0 Å². The van der Waals surface area contributed by atoms with E-state index in [9.17, 15) is 19.8 Å². The van der Waals surface area contributed by atoms with E-state index >= 15 is 0 Å². The lowest BCUT2D eigenvalue weighted by atomic mass is 9.69. The Morgan fingerprint density at radius 3 is 2.07 bits per heavy atom. The van der Waals surface area contributed by atoms with Gasteiger partial charge in [-0.05, 0) is 91.2 Å². The lowest BCUT2D eigenvalue weighted by molar-refractivity contribution is 0.0966. The van der Waals surface area contributed by atoms with E-state index in [1.54, 1.807) is 24.3 Å². The third kappa shape index (κ3) is 3.91. The van der Waals surface area contributed by atoms with Crippen LogP contribution in [0.3, 0.4) is 0 Å². The van der Waals surface area contributed by atoms with Gasteiger partial charge < -0.3 is 24.7 Å². The minimum atomic E-state index is -2.16. The molecule has 3 aromatic rings. The Morgan fingerprint density at radius 2 is 1.48 bits per heavy atom. The van der Waals surface area contributed by atoms with E-state index in [0.29, 0.717) is 11.3 Å². The van der Waals surface area contributed by atoms with Gasteiger partial charge in [0.2, 0.25) is 0 Å². The molecule has 1 saturated heterocycles. The number of fused-ring (bicyclic) bond motifs is 5. The first-order valence-electron chi connectivity index (χ1n) is 16.0. The van der Waals surface area contributed by atoms with Crippen molar-refractivity contribution >= 4 is 36.3 Å². The van der Waals surface area contributed by atoms with Crippen molar-refractivity contribution in [3.05, 3.63) is 81.4 Å². The SMILES string of the molecule is CC[Si](CC)(CC)O[C@H](C)[C@@]12O[C@]13c1cc(O)c4c(c1N[C@H]2C#C/C=C\C#C[C@H]3O)C(=O)c1cc2cc(C)c(C)cc2cc1C4=O. The zero-order valence-corrected chi connectivity index (χ0v) is 27.9. The van der Waals surface area contributed by atoms with E-state index in [1.807, 2.05) is 32.9 Å². The number of phenolic OH excluding ortho intramolecular Hbond substituents is 1. The zero-order valence-electron chi connectivity index (χ0n) is 26.9. The number of phenols is 1. The van der Waals surface area contributed by atoms with Crippen molar-refractivity contribution in [2.45, 2.75) is 89.1 Å². The molecule has 5 atom stereocenters. The number of allylic oxidation sites excluding steroid dienone is 2. The number of anilines is 1. The first-order chi connectivity index (χ1) is 22.0. The molecule has 3 N–H and O–H groups in total. The Bertz CT molecular complexity index is 2030. The van der Waals surface area contributed by atoms with Crippen molar-refractivity contribution in [2.24, 2.45) is 0 Å². The molecule has 0 amide bonds. The van der Waals surface area contributed by atoms with E-state index in [2.05, 4.69) is 49.8 Å². The van der Waals surface area contributed by atoms with Gasteiger partial charge in [-0.15, -0.1) is 0 Å². The Hall–Kier alpha value is -4.18. The molecule has 0 unspecified atom stereocenters. The smallest absolute Gasteiger partial charge is 0.198 e. The van der Waals surface area contributed by atoms with Crippen LogP contribution in [-0.4, -0.2) is 53.9 Å². The summed E-state index contributed by atoms with van der Waals surface area (Å²) in [7, 11) is -2.16. The highest BCUT2D eigenvalue weighted by Crippen LogP contribution is 2.68. The maximum atomic E-state index is 14.5. The van der Waals surface area contributed by atoms with Gasteiger partial charge in [0.25, 0.3) is 0 Å². The van der Waals surface area contributed by atoms with Gasteiger partial charge in [-0.3, -0.25) is 9.59 Å². The molecule has 2 bridgehead atoms. The van der Waals surface area contributed by atoms with Crippen LogP contribution in [0.15, 0.2) is 42.5 Å². The third-order valence-corrected chi connectivity index (χ3v) is 15.6. The average Bonchev–Trinajstić information content (AvgIpc) is 3.77. The summed E-state index contributed by atoms with van der Waals surface area (Å²) in [5.41, 5.74) is 0.642. The van der Waals surface area contributed by atoms with Crippen LogP contribution >= 0.6 is 0 Å². The van der Waals surface area contributed by atoms with Gasteiger partial charge in [0.1, 0.15) is 11.8 Å². The number of ketones is 2. The molecule has 0 saturated carbocycles. The van der Waals surface area contributed by atoms with Crippen molar-refractivity contribution in [1.29, 1.82) is 0 Å². The number of aromatic hydroxyl groups is 1. The summed E-state index contributed by atoms with van der Waals surface area (Å²) in [5.74, 6) is 10.9. The number of aryl methyl sites for hydroxylation is 2. The van der Waals surface area contributed by atoms with Gasteiger partial charge in [-0.1, -0.05) is 56.6 Å². The number of carbonyl (C=O) groups is 2. The number of hydrogen-bond donors (Lipinski definition) is 3. The predicted molar refractivity (Wildman–Crippen MR) is 180 cm³/mol. The number of rotatable bonds is 6. The normalized spacial score (nSPS) is 26.6. The number of hydrogen-bond acceptors (Lipinski definition) is 7. The number of aliphatic hydroxyl groups is 1. The fraction of sp³-hybridized carbons (Fsp3) is 0.368. The van der Waals surface area contributed by atoms with Crippen molar-refractivity contribution in [3.8, 4) is 29.4 Å². The molecule has 234 valence electrons. The molecule has 0 radical (unpaired) electrons. The lowest BCUT2D eigenvalue weighted by Crippen LogP contribution is -2.57. The molecular weight excluding hydrogens is 595 g/mol. The zero-order chi connectivity index (χ0) is 32.8. The Labute approximate surface area is 270 Å². The minimum absolute atomic E-state index is 0.0479. The standard InChI is InChI=1S/C38H37NO6Si/c1-7-46(8-2,9-3)44-23(6)37-30-14-12-10-11-13-15-31(41)38(37,45-37)28-20-29(40)32-33(34(28)39-30)36(43)27-19-25-17-22(5)21(4)16-24(25)18-26(27)35(32)42/h10-11,16-20,23,30-31,39-41H,7-9H2,1-6H3/b11-10-/t23-,30+,31-,37+,38+/m1/s1. The number of ether oxygens (including phenoxy) is 1. The van der Waals surface area contributed by atoms with E-state index in [4.69, 9.17) is 9.16 Å². The third-order valence-electron chi connectivity index (χ3n) is 10.9. The van der Waals surface area contributed by atoms with Gasteiger partial charge in [-0.25, -0.2) is 0 Å². The van der Waals surface area contributed by atoms with Gasteiger partial charge in [0, 0.05) is 16.7 Å². The molecule has 2 aliphatic carbocycles. The van der Waals surface area contributed by atoms with E-state index < -0.39 is 49.3 Å². The molecule has 8 heteroatoms. The Balaban J connectivity index is 1.46. The topological polar surface area (TPSA) is 108 Å². The van der Waals surface area contributed by atoms with Crippen LogP contribution in [-0.2, 0) is 14.8 Å². The molecule has 0 aromatic heterocycles. The van der Waals surface area contributed by atoms with Crippen molar-refractivity contribution in [1.82, 2.24) is 0 Å². The summed E-state index contributed by atoms with van der Waals surface area (Å²) >= 11 is 0. The quantitative estimate of drug-likeness (QED) is 0.103. The first-order valence-corrected chi connectivity index (χ1v) is 18.6. The van der Waals surface area contributed by atoms with Crippen LogP contribution < -0.4 is 5.32 Å². The summed E-state index contributed by atoms with van der Waals surface area (Å²) < 4.78 is 13.7. The number of nitrogens with one attached hydrogen (secondary N) is 1. The molecule has 7 nitrogen and oxygen atoms in total. The molecule has 1 fully saturated rings. The Morgan fingerprint density at radius 1 is 0.913 bits per heavy atom. The highest BCUT2D eigenvalue weighted by molar-refractivity contribution is 6.73. The van der Waals surface area contributed by atoms with Gasteiger partial charge in [0.05, 0.1) is 22.9 Å². The number of benzene rings is 3. The summed E-state index contributed by atoms with van der Waals surface area (Å²) in [6.07, 6.45) is 1.31. The molecule has 46 heavy (non-hydrogen) atoms. The summed E-state index contributed by atoms with van der Waals surface area (Å²) in [6, 6.07) is 11.0. The van der Waals surface area contributed by atoms with Crippen LogP contribution in [0.5, 0.6) is 5.75 Å². The number of aliphatic hydroxyl groups excluding tert-OH is 1. The molecule has 4 aliphatic rings. The molecular formula is C38H37NO6Si. The number of epoxide rings is 1. The predicted octanol–water partition coefficient (Wildman–Crippen LogP) is 6.04. The minimum Gasteiger partial charge on any atom is -0.507 e. The monoisotopic (exact) mass is 631 g/mol. The Kier molecular flexibility index (Phi) is 6.90. The molecule has 2 aliphatic heterocycles. The molecule has 0 spiro atoms. The number of carbonyl (C=O) groups excluding carboxylic acids is 2. The lowest BCUT2D eigenvalue weighted by Gasteiger charge is -2.41. The van der Waals surface area contributed by atoms with E-state index in [1.165, 1.54) is 6.07 Å². The van der Waals surface area contributed by atoms with E-state index in [-0.39, 0.29) is 28.0 Å². The molecule has 2 heterocycles. The second kappa shape index (κ2) is 10.4. The van der Waals surface area contributed by atoms with Crippen molar-refractivity contribution in [2.75, 3.05) is 5.32 Å². The summed E-state index contributed by atoms with van der Waals surface area (Å²) in [6.45, 7) is 12.4.